The lowest BCUT2D eigenvalue weighted by Crippen LogP contribution is -2.45. The summed E-state index contributed by atoms with van der Waals surface area (Å²) in [4.78, 5) is 35.7. The molecule has 1 unspecified atom stereocenters. The molecule has 0 aliphatic carbocycles. The zero-order valence-electron chi connectivity index (χ0n) is 17.0. The number of hydrogen-bond donors (Lipinski definition) is 2. The average molecular weight is 407 g/mol. The number of methoxy groups -OCH3 is 1. The maximum absolute atomic E-state index is 12.6. The van der Waals surface area contributed by atoms with Gasteiger partial charge in [-0.05, 0) is 38.8 Å². The van der Waals surface area contributed by atoms with Crippen LogP contribution in [0.1, 0.15) is 45.7 Å². The summed E-state index contributed by atoms with van der Waals surface area (Å²) in [5, 5.41) is 16.8. The van der Waals surface area contributed by atoms with E-state index >= 15 is 0 Å². The van der Waals surface area contributed by atoms with Crippen LogP contribution in [0.4, 0.5) is 10.5 Å². The van der Waals surface area contributed by atoms with Gasteiger partial charge in [0.25, 0.3) is 0 Å². The van der Waals surface area contributed by atoms with E-state index in [-0.39, 0.29) is 35.5 Å². The van der Waals surface area contributed by atoms with Gasteiger partial charge in [0, 0.05) is 11.8 Å². The van der Waals surface area contributed by atoms with Crippen LogP contribution in [0.5, 0.6) is 11.5 Å². The smallest absolute Gasteiger partial charge is 0.338 e. The monoisotopic (exact) mass is 407 g/mol. The van der Waals surface area contributed by atoms with E-state index in [9.17, 15) is 19.7 Å². The summed E-state index contributed by atoms with van der Waals surface area (Å²) in [6.45, 7) is 7.10. The van der Waals surface area contributed by atoms with Crippen molar-refractivity contribution in [3.63, 3.8) is 0 Å². The molecule has 0 spiro atoms. The molecule has 0 bridgehead atoms. The molecule has 1 atom stereocenters. The Bertz CT molecular complexity index is 848. The third-order valence-electron chi connectivity index (χ3n) is 4.09. The summed E-state index contributed by atoms with van der Waals surface area (Å²) in [5.74, 6) is -0.520. The number of urea groups is 1. The number of nitro benzene ring substituents is 1. The Morgan fingerprint density at radius 2 is 2.03 bits per heavy atom. The number of allylic oxidation sites excluding steroid dienone is 1. The van der Waals surface area contributed by atoms with Crippen molar-refractivity contribution in [2.24, 2.45) is 0 Å². The molecule has 2 amide bonds. The SMILES string of the molecule is CCCOC(=O)C1=C(C)NC(=O)NC1c1cc(OC)c(OC(C)C)c([N+](=O)[O-])c1. The summed E-state index contributed by atoms with van der Waals surface area (Å²) in [5.41, 5.74) is 0.429. The van der Waals surface area contributed by atoms with Gasteiger partial charge in [-0.1, -0.05) is 6.92 Å². The predicted octanol–water partition coefficient (Wildman–Crippen LogP) is 2.97. The number of rotatable bonds is 8. The Labute approximate surface area is 168 Å². The van der Waals surface area contributed by atoms with Crippen molar-refractivity contribution >= 4 is 17.7 Å². The van der Waals surface area contributed by atoms with Gasteiger partial charge < -0.3 is 24.8 Å². The molecule has 1 aromatic rings. The van der Waals surface area contributed by atoms with E-state index < -0.39 is 23.0 Å². The third-order valence-corrected chi connectivity index (χ3v) is 4.09. The summed E-state index contributed by atoms with van der Waals surface area (Å²) in [6, 6.07) is 1.27. The lowest BCUT2D eigenvalue weighted by atomic mass is 9.94. The Morgan fingerprint density at radius 1 is 1.34 bits per heavy atom. The van der Waals surface area contributed by atoms with Crippen molar-refractivity contribution in [1.82, 2.24) is 10.6 Å². The van der Waals surface area contributed by atoms with Gasteiger partial charge in [0.15, 0.2) is 5.75 Å². The second-order valence-electron chi connectivity index (χ2n) is 6.70. The Hall–Kier alpha value is -3.30. The Morgan fingerprint density at radius 3 is 2.59 bits per heavy atom. The first-order valence-electron chi connectivity index (χ1n) is 9.17. The first-order valence-corrected chi connectivity index (χ1v) is 9.17. The summed E-state index contributed by atoms with van der Waals surface area (Å²) in [7, 11) is 1.36. The fourth-order valence-corrected chi connectivity index (χ4v) is 2.90. The maximum atomic E-state index is 12.6. The lowest BCUT2D eigenvalue weighted by molar-refractivity contribution is -0.386. The molecule has 1 aromatic carbocycles. The van der Waals surface area contributed by atoms with E-state index in [1.165, 1.54) is 19.2 Å². The van der Waals surface area contributed by atoms with E-state index in [0.29, 0.717) is 17.7 Å². The number of nitrogens with zero attached hydrogens (tertiary/aromatic N) is 1. The van der Waals surface area contributed by atoms with E-state index in [0.717, 1.165) is 0 Å². The fraction of sp³-hybridized carbons (Fsp3) is 0.474. The van der Waals surface area contributed by atoms with Crippen LogP contribution in [0.25, 0.3) is 0 Å². The largest absolute Gasteiger partial charge is 0.493 e. The molecule has 29 heavy (non-hydrogen) atoms. The van der Waals surface area contributed by atoms with Gasteiger partial charge in [-0.25, -0.2) is 9.59 Å². The minimum Gasteiger partial charge on any atom is -0.493 e. The predicted molar refractivity (Wildman–Crippen MR) is 104 cm³/mol. The van der Waals surface area contributed by atoms with Gasteiger partial charge >= 0.3 is 17.7 Å². The second-order valence-corrected chi connectivity index (χ2v) is 6.70. The number of esters is 1. The average Bonchev–Trinajstić information content (AvgIpc) is 2.64. The zero-order valence-corrected chi connectivity index (χ0v) is 17.0. The van der Waals surface area contributed by atoms with Gasteiger partial charge in [0.2, 0.25) is 5.75 Å². The summed E-state index contributed by atoms with van der Waals surface area (Å²) < 4.78 is 16.1. The molecule has 1 aliphatic rings. The molecule has 0 aromatic heterocycles. The van der Waals surface area contributed by atoms with Crippen molar-refractivity contribution in [1.29, 1.82) is 0 Å². The Balaban J connectivity index is 2.61. The van der Waals surface area contributed by atoms with Crippen molar-refractivity contribution < 1.29 is 28.7 Å². The van der Waals surface area contributed by atoms with E-state index in [1.807, 2.05) is 6.92 Å². The van der Waals surface area contributed by atoms with Crippen LogP contribution in [0.2, 0.25) is 0 Å². The lowest BCUT2D eigenvalue weighted by Gasteiger charge is -2.28. The fourth-order valence-electron chi connectivity index (χ4n) is 2.90. The van der Waals surface area contributed by atoms with Crippen LogP contribution < -0.4 is 20.1 Å². The van der Waals surface area contributed by atoms with Crippen LogP contribution in [-0.4, -0.2) is 36.7 Å². The first-order chi connectivity index (χ1) is 13.7. The van der Waals surface area contributed by atoms with E-state index in [4.69, 9.17) is 14.2 Å². The number of carbonyl (C=O) groups excluding carboxylic acids is 2. The normalized spacial score (nSPS) is 16.2. The topological polar surface area (TPSA) is 129 Å². The highest BCUT2D eigenvalue weighted by Gasteiger charge is 2.35. The summed E-state index contributed by atoms with van der Waals surface area (Å²) in [6.07, 6.45) is 0.303. The second kappa shape index (κ2) is 9.26. The minimum absolute atomic E-state index is 0.0210. The number of amides is 2. The molecule has 1 aliphatic heterocycles. The van der Waals surface area contributed by atoms with Gasteiger partial charge in [-0.2, -0.15) is 0 Å². The molecule has 2 rings (SSSR count). The molecule has 10 heteroatoms. The van der Waals surface area contributed by atoms with E-state index in [1.54, 1.807) is 20.8 Å². The quantitative estimate of drug-likeness (QED) is 0.385. The number of carbonyl (C=O) groups is 2. The maximum Gasteiger partial charge on any atom is 0.338 e. The van der Waals surface area contributed by atoms with E-state index in [2.05, 4.69) is 10.6 Å². The molecule has 0 saturated carbocycles. The Kier molecular flexibility index (Phi) is 7.03. The highest BCUT2D eigenvalue weighted by atomic mass is 16.6. The van der Waals surface area contributed by atoms with Crippen molar-refractivity contribution in [2.45, 2.75) is 46.3 Å². The number of nitro groups is 1. The first kappa shape index (κ1) is 22.0. The molecule has 0 saturated heterocycles. The highest BCUT2D eigenvalue weighted by Crippen LogP contribution is 2.42. The third kappa shape index (κ3) is 4.95. The number of nitrogens with one attached hydrogen (secondary N) is 2. The van der Waals surface area contributed by atoms with Crippen molar-refractivity contribution in [3.05, 3.63) is 39.1 Å². The number of hydrogen-bond acceptors (Lipinski definition) is 7. The van der Waals surface area contributed by atoms with Crippen LogP contribution in [0, 0.1) is 10.1 Å². The van der Waals surface area contributed by atoms with Crippen molar-refractivity contribution in [3.8, 4) is 11.5 Å². The van der Waals surface area contributed by atoms with Crippen LogP contribution in [0.3, 0.4) is 0 Å². The standard InChI is InChI=1S/C19H25N3O7/c1-6-7-28-18(23)15-11(4)20-19(24)21-16(15)12-8-13(22(25)26)17(29-10(2)3)14(9-12)27-5/h8-10,16H,6-7H2,1-5H3,(H2,20,21,24). The zero-order chi connectivity index (χ0) is 21.7. The molecule has 10 nitrogen and oxygen atoms in total. The highest BCUT2D eigenvalue weighted by molar-refractivity contribution is 5.95. The van der Waals surface area contributed by atoms with Crippen LogP contribution in [-0.2, 0) is 9.53 Å². The van der Waals surface area contributed by atoms with Gasteiger partial charge in [-0.15, -0.1) is 0 Å². The molecular weight excluding hydrogens is 382 g/mol. The molecule has 0 fully saturated rings. The van der Waals surface area contributed by atoms with Gasteiger partial charge in [-0.3, -0.25) is 10.1 Å². The summed E-state index contributed by atoms with van der Waals surface area (Å²) >= 11 is 0. The molecule has 0 radical (unpaired) electrons. The van der Waals surface area contributed by atoms with Crippen LogP contribution >= 0.6 is 0 Å². The molecule has 1 heterocycles. The molecule has 158 valence electrons. The minimum atomic E-state index is -0.950. The van der Waals surface area contributed by atoms with Crippen LogP contribution in [0.15, 0.2) is 23.4 Å². The van der Waals surface area contributed by atoms with Crippen molar-refractivity contribution in [2.75, 3.05) is 13.7 Å². The molecular formula is C19H25N3O7. The number of ether oxygens (including phenoxy) is 3. The van der Waals surface area contributed by atoms with Gasteiger partial charge in [0.05, 0.1) is 36.4 Å². The molecule has 2 N–H and O–H groups in total. The van der Waals surface area contributed by atoms with Gasteiger partial charge in [0.1, 0.15) is 0 Å². The number of benzene rings is 1.